The number of carbonyl (C=O) groups is 1. The van der Waals surface area contributed by atoms with Crippen molar-refractivity contribution in [3.8, 4) is 0 Å². The third kappa shape index (κ3) is 4.54. The Kier molecular flexibility index (Phi) is 6.58. The molecule has 27 heavy (non-hydrogen) atoms. The van der Waals surface area contributed by atoms with Crippen LogP contribution in [-0.4, -0.2) is 37.8 Å². The van der Waals surface area contributed by atoms with Gasteiger partial charge in [-0.05, 0) is 55.4 Å². The van der Waals surface area contributed by atoms with Crippen molar-refractivity contribution in [2.75, 3.05) is 13.1 Å². The second-order valence-corrected chi connectivity index (χ2v) is 9.84. The second-order valence-electron chi connectivity index (χ2n) is 7.90. The Hall–Kier alpha value is -1.40. The number of amides is 1. The highest BCUT2D eigenvalue weighted by molar-refractivity contribution is 7.89. The maximum absolute atomic E-state index is 12.6. The van der Waals surface area contributed by atoms with E-state index in [4.69, 9.17) is 0 Å². The molecule has 3 rings (SSSR count). The van der Waals surface area contributed by atoms with E-state index in [1.807, 2.05) is 13.8 Å². The molecule has 2 aliphatic rings. The first-order chi connectivity index (χ1) is 13.0. The van der Waals surface area contributed by atoms with Crippen molar-refractivity contribution in [1.82, 2.24) is 9.62 Å². The van der Waals surface area contributed by atoms with Crippen LogP contribution in [0.15, 0.2) is 29.2 Å². The van der Waals surface area contributed by atoms with Crippen LogP contribution in [0.25, 0.3) is 0 Å². The minimum absolute atomic E-state index is 0.0963. The summed E-state index contributed by atoms with van der Waals surface area (Å²) in [5.41, 5.74) is 0.527. The smallest absolute Gasteiger partial charge is 0.251 e. The fraction of sp³-hybridized carbons (Fsp3) is 0.667. The van der Waals surface area contributed by atoms with E-state index in [0.717, 1.165) is 24.7 Å². The molecule has 6 heteroatoms. The number of hydrogen-bond acceptors (Lipinski definition) is 3. The highest BCUT2D eigenvalue weighted by Crippen LogP contribution is 2.40. The van der Waals surface area contributed by atoms with Gasteiger partial charge in [0.25, 0.3) is 5.91 Å². The van der Waals surface area contributed by atoms with E-state index in [1.165, 1.54) is 36.4 Å². The molecule has 2 fully saturated rings. The molecule has 5 nitrogen and oxygen atoms in total. The van der Waals surface area contributed by atoms with Crippen LogP contribution in [0.4, 0.5) is 0 Å². The topological polar surface area (TPSA) is 66.5 Å². The lowest BCUT2D eigenvalue weighted by Crippen LogP contribution is -2.41. The van der Waals surface area contributed by atoms with Crippen molar-refractivity contribution in [2.45, 2.75) is 69.7 Å². The molecule has 1 amide bonds. The van der Waals surface area contributed by atoms with Crippen molar-refractivity contribution in [2.24, 2.45) is 11.8 Å². The molecule has 2 saturated carbocycles. The van der Waals surface area contributed by atoms with E-state index in [9.17, 15) is 13.2 Å². The molecule has 0 heterocycles. The summed E-state index contributed by atoms with van der Waals surface area (Å²) in [6, 6.07) is 6.58. The number of sulfonamides is 1. The Labute approximate surface area is 163 Å². The van der Waals surface area contributed by atoms with Crippen LogP contribution in [0.5, 0.6) is 0 Å². The summed E-state index contributed by atoms with van der Waals surface area (Å²) in [5.74, 6) is 1.52. The molecule has 3 atom stereocenters. The predicted octanol–water partition coefficient (Wildman–Crippen LogP) is 3.81. The molecule has 150 valence electrons. The number of rotatable bonds is 6. The summed E-state index contributed by atoms with van der Waals surface area (Å²) in [7, 11) is -3.48. The van der Waals surface area contributed by atoms with E-state index >= 15 is 0 Å². The molecular weight excluding hydrogens is 360 g/mol. The van der Waals surface area contributed by atoms with Crippen LogP contribution < -0.4 is 5.32 Å². The standard InChI is InChI=1S/C21H32N2O3S/c1-3-23(4-2)27(25,26)20-13-10-17(11-14-20)21(24)22-19-12-9-16-7-5-6-8-18(16)15-19/h10-11,13-14,16,18-19H,3-9,12,15H2,1-2H3,(H,22,24)/t16-,18+,19-/m1/s1. The number of benzene rings is 1. The molecule has 1 aromatic carbocycles. The average Bonchev–Trinajstić information content (AvgIpc) is 2.68. The second kappa shape index (κ2) is 8.74. The van der Waals surface area contributed by atoms with Gasteiger partial charge in [-0.2, -0.15) is 4.31 Å². The lowest BCUT2D eigenvalue weighted by atomic mass is 9.69. The molecule has 0 aromatic heterocycles. The van der Waals surface area contributed by atoms with Crippen molar-refractivity contribution >= 4 is 15.9 Å². The highest BCUT2D eigenvalue weighted by atomic mass is 32.2. The first-order valence-electron chi connectivity index (χ1n) is 10.4. The number of hydrogen-bond donors (Lipinski definition) is 1. The molecule has 2 aliphatic carbocycles. The first kappa shape index (κ1) is 20.3. The van der Waals surface area contributed by atoms with Crippen molar-refractivity contribution in [1.29, 1.82) is 0 Å². The van der Waals surface area contributed by atoms with Crippen molar-refractivity contribution < 1.29 is 13.2 Å². The van der Waals surface area contributed by atoms with Crippen LogP contribution in [0, 0.1) is 11.8 Å². The first-order valence-corrected chi connectivity index (χ1v) is 11.8. The van der Waals surface area contributed by atoms with Gasteiger partial charge in [0.05, 0.1) is 4.90 Å². The largest absolute Gasteiger partial charge is 0.349 e. The lowest BCUT2D eigenvalue weighted by Gasteiger charge is -2.39. The van der Waals surface area contributed by atoms with E-state index in [-0.39, 0.29) is 16.8 Å². The van der Waals surface area contributed by atoms with E-state index in [0.29, 0.717) is 18.7 Å². The highest BCUT2D eigenvalue weighted by Gasteiger charge is 2.32. The van der Waals surface area contributed by atoms with Gasteiger partial charge in [0, 0.05) is 24.7 Å². The fourth-order valence-corrected chi connectivity index (χ4v) is 6.22. The zero-order valence-corrected chi connectivity index (χ0v) is 17.3. The van der Waals surface area contributed by atoms with E-state index in [2.05, 4.69) is 5.32 Å². The minimum atomic E-state index is -3.48. The van der Waals surface area contributed by atoms with E-state index in [1.54, 1.807) is 24.3 Å². The lowest BCUT2D eigenvalue weighted by molar-refractivity contribution is 0.0879. The van der Waals surface area contributed by atoms with Gasteiger partial charge in [0.2, 0.25) is 10.0 Å². The molecule has 0 radical (unpaired) electrons. The Balaban J connectivity index is 1.62. The molecule has 0 spiro atoms. The van der Waals surface area contributed by atoms with Crippen LogP contribution >= 0.6 is 0 Å². The zero-order chi connectivity index (χ0) is 19.4. The maximum Gasteiger partial charge on any atom is 0.251 e. The van der Waals surface area contributed by atoms with Gasteiger partial charge in [0.15, 0.2) is 0 Å². The maximum atomic E-state index is 12.6. The quantitative estimate of drug-likeness (QED) is 0.801. The fourth-order valence-electron chi connectivity index (χ4n) is 4.76. The molecule has 0 unspecified atom stereocenters. The Bertz CT molecular complexity index is 741. The van der Waals surface area contributed by atoms with Gasteiger partial charge in [-0.15, -0.1) is 0 Å². The van der Waals surface area contributed by atoms with Crippen LogP contribution in [0.3, 0.4) is 0 Å². The van der Waals surface area contributed by atoms with Gasteiger partial charge >= 0.3 is 0 Å². The Morgan fingerprint density at radius 1 is 1.00 bits per heavy atom. The number of nitrogens with one attached hydrogen (secondary N) is 1. The van der Waals surface area contributed by atoms with Crippen LogP contribution in [0.1, 0.15) is 69.2 Å². The average molecular weight is 393 g/mol. The van der Waals surface area contributed by atoms with Crippen LogP contribution in [0.2, 0.25) is 0 Å². The predicted molar refractivity (Wildman–Crippen MR) is 107 cm³/mol. The number of carbonyl (C=O) groups excluding carboxylic acids is 1. The normalized spacial score (nSPS) is 25.8. The summed E-state index contributed by atoms with van der Waals surface area (Å²) >= 11 is 0. The Morgan fingerprint density at radius 2 is 1.63 bits per heavy atom. The Morgan fingerprint density at radius 3 is 2.26 bits per heavy atom. The van der Waals surface area contributed by atoms with E-state index < -0.39 is 10.0 Å². The summed E-state index contributed by atoms with van der Waals surface area (Å²) in [4.78, 5) is 12.9. The van der Waals surface area contributed by atoms with Gasteiger partial charge in [-0.1, -0.05) is 39.5 Å². The molecular formula is C21H32N2O3S. The van der Waals surface area contributed by atoms with Crippen molar-refractivity contribution in [3.63, 3.8) is 0 Å². The molecule has 1 aromatic rings. The number of fused-ring (bicyclic) bond motifs is 1. The zero-order valence-electron chi connectivity index (χ0n) is 16.5. The van der Waals surface area contributed by atoms with Gasteiger partial charge in [-0.3, -0.25) is 4.79 Å². The monoisotopic (exact) mass is 392 g/mol. The van der Waals surface area contributed by atoms with Gasteiger partial charge in [0.1, 0.15) is 0 Å². The number of nitrogens with zero attached hydrogens (tertiary/aromatic N) is 1. The van der Waals surface area contributed by atoms with Crippen molar-refractivity contribution in [3.05, 3.63) is 29.8 Å². The van der Waals surface area contributed by atoms with Gasteiger partial charge < -0.3 is 5.32 Å². The summed E-state index contributed by atoms with van der Waals surface area (Å²) in [6.45, 7) is 4.52. The minimum Gasteiger partial charge on any atom is -0.349 e. The summed E-state index contributed by atoms with van der Waals surface area (Å²) in [5, 5.41) is 3.17. The summed E-state index contributed by atoms with van der Waals surface area (Å²) in [6.07, 6.45) is 8.71. The SMILES string of the molecule is CCN(CC)S(=O)(=O)c1ccc(C(=O)N[C@@H]2CC[C@H]3CCCC[C@H]3C2)cc1. The van der Waals surface area contributed by atoms with Crippen LogP contribution in [-0.2, 0) is 10.0 Å². The third-order valence-electron chi connectivity index (χ3n) is 6.33. The molecule has 0 aliphatic heterocycles. The summed E-state index contributed by atoms with van der Waals surface area (Å²) < 4.78 is 26.5. The molecule has 0 bridgehead atoms. The van der Waals surface area contributed by atoms with Gasteiger partial charge in [-0.25, -0.2) is 8.42 Å². The third-order valence-corrected chi connectivity index (χ3v) is 8.40. The molecule has 1 N–H and O–H groups in total. The molecule has 0 saturated heterocycles.